The van der Waals surface area contributed by atoms with Crippen LogP contribution in [0, 0.1) is 0 Å². The van der Waals surface area contributed by atoms with Gasteiger partial charge in [-0.3, -0.25) is 9.48 Å². The van der Waals surface area contributed by atoms with Crippen LogP contribution < -0.4 is 5.73 Å². The molecule has 2 aromatic heterocycles. The van der Waals surface area contributed by atoms with Gasteiger partial charge in [-0.2, -0.15) is 11.3 Å². The fraction of sp³-hybridized carbons (Fsp3) is 0.364. The number of thiophene rings is 1. The smallest absolute Gasteiger partial charge is 0.185 e. The molecular formula is C11H14N4OS. The summed E-state index contributed by atoms with van der Waals surface area (Å²) in [6.07, 6.45) is 2.88. The first kappa shape index (κ1) is 11.9. The van der Waals surface area contributed by atoms with Crippen molar-refractivity contribution in [2.75, 3.05) is 6.54 Å². The molecule has 0 atom stereocenters. The molecule has 90 valence electrons. The van der Waals surface area contributed by atoms with Gasteiger partial charge in [-0.15, -0.1) is 5.10 Å². The van der Waals surface area contributed by atoms with E-state index in [9.17, 15) is 4.79 Å². The van der Waals surface area contributed by atoms with Crippen LogP contribution in [-0.4, -0.2) is 27.3 Å². The van der Waals surface area contributed by atoms with Crippen molar-refractivity contribution in [3.05, 3.63) is 34.3 Å². The highest BCUT2D eigenvalue weighted by Gasteiger charge is 2.10. The van der Waals surface area contributed by atoms with Gasteiger partial charge in [0.2, 0.25) is 0 Å². The van der Waals surface area contributed by atoms with Crippen LogP contribution in [0.1, 0.15) is 22.5 Å². The van der Waals surface area contributed by atoms with E-state index in [-0.39, 0.29) is 5.78 Å². The number of aryl methyl sites for hydroxylation is 1. The molecule has 0 aromatic carbocycles. The molecule has 0 spiro atoms. The molecule has 0 saturated heterocycles. The number of carbonyl (C=O) groups excluding carboxylic acids is 1. The molecule has 0 bridgehead atoms. The second kappa shape index (κ2) is 5.70. The lowest BCUT2D eigenvalue weighted by Gasteiger charge is -1.95. The Bertz CT molecular complexity index is 477. The number of Topliss-reactive ketones (excluding diaryl/α,β-unsaturated/α-hetero) is 1. The molecule has 0 aliphatic heterocycles. The SMILES string of the molecule is NCCn1cc(C(=O)CCc2ccsc2)nn1. The van der Waals surface area contributed by atoms with Crippen molar-refractivity contribution < 1.29 is 4.79 Å². The fourth-order valence-corrected chi connectivity index (χ4v) is 2.19. The van der Waals surface area contributed by atoms with Crippen LogP contribution in [0.15, 0.2) is 23.0 Å². The van der Waals surface area contributed by atoms with E-state index in [2.05, 4.69) is 15.7 Å². The van der Waals surface area contributed by atoms with E-state index >= 15 is 0 Å². The summed E-state index contributed by atoms with van der Waals surface area (Å²) in [7, 11) is 0. The number of aromatic nitrogens is 3. The monoisotopic (exact) mass is 250 g/mol. The van der Waals surface area contributed by atoms with Gasteiger partial charge in [0, 0.05) is 13.0 Å². The van der Waals surface area contributed by atoms with Crippen LogP contribution in [0.25, 0.3) is 0 Å². The number of hydrogen-bond donors (Lipinski definition) is 1. The molecule has 2 rings (SSSR count). The van der Waals surface area contributed by atoms with Crippen LogP contribution >= 0.6 is 11.3 Å². The Balaban J connectivity index is 1.90. The number of carbonyl (C=O) groups is 1. The zero-order chi connectivity index (χ0) is 12.1. The lowest BCUT2D eigenvalue weighted by atomic mass is 10.1. The van der Waals surface area contributed by atoms with Crippen molar-refractivity contribution >= 4 is 17.1 Å². The predicted molar refractivity (Wildman–Crippen MR) is 66.0 cm³/mol. The second-order valence-corrected chi connectivity index (χ2v) is 4.49. The van der Waals surface area contributed by atoms with Crippen LogP contribution in [0.2, 0.25) is 0 Å². The van der Waals surface area contributed by atoms with Crippen molar-refractivity contribution in [3.63, 3.8) is 0 Å². The minimum absolute atomic E-state index is 0.0273. The molecule has 0 aliphatic carbocycles. The third-order valence-corrected chi connectivity index (χ3v) is 3.14. The van der Waals surface area contributed by atoms with Gasteiger partial charge in [0.05, 0.1) is 12.7 Å². The van der Waals surface area contributed by atoms with Crippen molar-refractivity contribution in [2.24, 2.45) is 5.73 Å². The summed E-state index contributed by atoms with van der Waals surface area (Å²) in [5, 5.41) is 11.8. The molecule has 6 heteroatoms. The summed E-state index contributed by atoms with van der Waals surface area (Å²) in [5.74, 6) is 0.0273. The van der Waals surface area contributed by atoms with Crippen LogP contribution in [0.3, 0.4) is 0 Å². The first-order valence-corrected chi connectivity index (χ1v) is 6.38. The van der Waals surface area contributed by atoms with Crippen molar-refractivity contribution in [1.29, 1.82) is 0 Å². The van der Waals surface area contributed by atoms with E-state index in [1.54, 1.807) is 22.2 Å². The standard InChI is InChI=1S/C11H14N4OS/c12-4-5-15-7-10(13-14-15)11(16)2-1-9-3-6-17-8-9/h3,6-8H,1-2,4-5,12H2. The Morgan fingerprint density at radius 1 is 1.53 bits per heavy atom. The maximum absolute atomic E-state index is 11.8. The van der Waals surface area contributed by atoms with Gasteiger partial charge in [-0.25, -0.2) is 0 Å². The second-order valence-electron chi connectivity index (χ2n) is 3.71. The molecule has 0 unspecified atom stereocenters. The highest BCUT2D eigenvalue weighted by atomic mass is 32.1. The maximum Gasteiger partial charge on any atom is 0.185 e. The lowest BCUT2D eigenvalue weighted by Crippen LogP contribution is -2.10. The minimum Gasteiger partial charge on any atom is -0.329 e. The predicted octanol–water partition coefficient (Wildman–Crippen LogP) is 1.11. The van der Waals surface area contributed by atoms with E-state index in [0.717, 1.165) is 6.42 Å². The van der Waals surface area contributed by atoms with Crippen LogP contribution in [-0.2, 0) is 13.0 Å². The Morgan fingerprint density at radius 3 is 3.12 bits per heavy atom. The van der Waals surface area contributed by atoms with Gasteiger partial charge in [-0.05, 0) is 28.8 Å². The van der Waals surface area contributed by atoms with E-state index < -0.39 is 0 Å². The van der Waals surface area contributed by atoms with Crippen LogP contribution in [0.4, 0.5) is 0 Å². The molecule has 0 amide bonds. The van der Waals surface area contributed by atoms with Gasteiger partial charge >= 0.3 is 0 Å². The minimum atomic E-state index is 0.0273. The van der Waals surface area contributed by atoms with E-state index in [1.165, 1.54) is 5.56 Å². The van der Waals surface area contributed by atoms with E-state index in [1.807, 2.05) is 11.4 Å². The Labute approximate surface area is 103 Å². The highest BCUT2D eigenvalue weighted by molar-refractivity contribution is 7.07. The van der Waals surface area contributed by atoms with Crippen LogP contribution in [0.5, 0.6) is 0 Å². The normalized spacial score (nSPS) is 10.6. The quantitative estimate of drug-likeness (QED) is 0.779. The Hall–Kier alpha value is -1.53. The Morgan fingerprint density at radius 2 is 2.41 bits per heavy atom. The molecular weight excluding hydrogens is 236 g/mol. The summed E-state index contributed by atoms with van der Waals surface area (Å²) in [6, 6.07) is 2.03. The molecule has 5 nitrogen and oxygen atoms in total. The summed E-state index contributed by atoms with van der Waals surface area (Å²) in [4.78, 5) is 11.8. The fourth-order valence-electron chi connectivity index (χ4n) is 1.49. The van der Waals surface area contributed by atoms with Gasteiger partial charge in [0.25, 0.3) is 0 Å². The van der Waals surface area contributed by atoms with Gasteiger partial charge in [0.15, 0.2) is 5.78 Å². The van der Waals surface area contributed by atoms with Crippen molar-refractivity contribution in [1.82, 2.24) is 15.0 Å². The summed E-state index contributed by atoms with van der Waals surface area (Å²) in [5.41, 5.74) is 7.01. The number of rotatable bonds is 6. The highest BCUT2D eigenvalue weighted by Crippen LogP contribution is 2.10. The molecule has 0 saturated carbocycles. The molecule has 0 radical (unpaired) electrons. The lowest BCUT2D eigenvalue weighted by molar-refractivity contribution is 0.0978. The topological polar surface area (TPSA) is 73.8 Å². The molecule has 17 heavy (non-hydrogen) atoms. The van der Waals surface area contributed by atoms with E-state index in [0.29, 0.717) is 25.2 Å². The number of hydrogen-bond acceptors (Lipinski definition) is 5. The molecule has 2 aromatic rings. The first-order valence-electron chi connectivity index (χ1n) is 5.44. The maximum atomic E-state index is 11.8. The first-order chi connectivity index (χ1) is 8.29. The van der Waals surface area contributed by atoms with E-state index in [4.69, 9.17) is 5.73 Å². The van der Waals surface area contributed by atoms with Crippen molar-refractivity contribution in [3.8, 4) is 0 Å². The Kier molecular flexibility index (Phi) is 4.00. The largest absolute Gasteiger partial charge is 0.329 e. The number of nitrogens with zero attached hydrogens (tertiary/aromatic N) is 3. The summed E-state index contributed by atoms with van der Waals surface area (Å²) >= 11 is 1.64. The van der Waals surface area contributed by atoms with Gasteiger partial charge in [-0.1, -0.05) is 5.21 Å². The summed E-state index contributed by atoms with van der Waals surface area (Å²) in [6.45, 7) is 1.08. The van der Waals surface area contributed by atoms with Gasteiger partial charge in [0.1, 0.15) is 5.69 Å². The third-order valence-electron chi connectivity index (χ3n) is 2.40. The summed E-state index contributed by atoms with van der Waals surface area (Å²) < 4.78 is 1.60. The zero-order valence-corrected chi connectivity index (χ0v) is 10.2. The third kappa shape index (κ3) is 3.21. The zero-order valence-electron chi connectivity index (χ0n) is 9.37. The molecule has 2 heterocycles. The van der Waals surface area contributed by atoms with Crippen molar-refractivity contribution in [2.45, 2.75) is 19.4 Å². The molecule has 2 N–H and O–H groups in total. The number of nitrogens with two attached hydrogens (primary N) is 1. The average molecular weight is 250 g/mol. The average Bonchev–Trinajstić information content (AvgIpc) is 2.97. The molecule has 0 fully saturated rings. The van der Waals surface area contributed by atoms with Gasteiger partial charge < -0.3 is 5.73 Å². The number of ketones is 1. The molecule has 0 aliphatic rings.